The smallest absolute Gasteiger partial charge is 0.130 e. The highest BCUT2D eigenvalue weighted by molar-refractivity contribution is 6.35. The number of halogens is 2. The first kappa shape index (κ1) is 13.2. The van der Waals surface area contributed by atoms with Gasteiger partial charge in [-0.2, -0.15) is 0 Å². The molecule has 0 amide bonds. The Morgan fingerprint density at radius 1 is 0.850 bits per heavy atom. The molecule has 2 nitrogen and oxygen atoms in total. The molecule has 20 heavy (non-hydrogen) atoms. The van der Waals surface area contributed by atoms with Gasteiger partial charge in [-0.15, -0.1) is 0 Å². The highest BCUT2D eigenvalue weighted by Gasteiger charge is 2.06. The van der Waals surface area contributed by atoms with Gasteiger partial charge in [-0.05, 0) is 24.3 Å². The lowest BCUT2D eigenvalue weighted by atomic mass is 10.1. The molecule has 3 aromatic rings. The summed E-state index contributed by atoms with van der Waals surface area (Å²) in [6, 6.07) is 17.1. The van der Waals surface area contributed by atoms with Crippen LogP contribution in [0.5, 0.6) is 5.75 Å². The average Bonchev–Trinajstić information content (AvgIpc) is 2.47. The average molecular weight is 304 g/mol. The van der Waals surface area contributed by atoms with Crippen LogP contribution in [0.25, 0.3) is 10.8 Å². The van der Waals surface area contributed by atoms with Crippen molar-refractivity contribution < 1.29 is 4.74 Å². The third kappa shape index (κ3) is 2.72. The second-order valence-corrected chi connectivity index (χ2v) is 5.13. The van der Waals surface area contributed by atoms with Crippen molar-refractivity contribution in [2.24, 2.45) is 0 Å². The lowest BCUT2D eigenvalue weighted by molar-refractivity contribution is 0.305. The third-order valence-electron chi connectivity index (χ3n) is 2.98. The van der Waals surface area contributed by atoms with Crippen molar-refractivity contribution in [1.29, 1.82) is 0 Å². The molecule has 2 aromatic carbocycles. The topological polar surface area (TPSA) is 22.1 Å². The van der Waals surface area contributed by atoms with E-state index in [-0.39, 0.29) is 0 Å². The first-order chi connectivity index (χ1) is 9.74. The third-order valence-corrected chi connectivity index (χ3v) is 3.52. The molecular formula is C16H11Cl2NO. The lowest BCUT2D eigenvalue weighted by Gasteiger charge is -2.10. The van der Waals surface area contributed by atoms with Gasteiger partial charge >= 0.3 is 0 Å². The number of benzene rings is 2. The van der Waals surface area contributed by atoms with Crippen LogP contribution < -0.4 is 4.74 Å². The van der Waals surface area contributed by atoms with E-state index in [1.807, 2.05) is 48.5 Å². The van der Waals surface area contributed by atoms with E-state index in [4.69, 9.17) is 27.9 Å². The van der Waals surface area contributed by atoms with Crippen molar-refractivity contribution in [3.8, 4) is 5.75 Å². The van der Waals surface area contributed by atoms with Crippen molar-refractivity contribution in [2.75, 3.05) is 0 Å². The minimum atomic E-state index is 0.367. The van der Waals surface area contributed by atoms with E-state index in [2.05, 4.69) is 4.98 Å². The highest BCUT2D eigenvalue weighted by atomic mass is 35.5. The zero-order chi connectivity index (χ0) is 13.9. The van der Waals surface area contributed by atoms with E-state index in [0.717, 1.165) is 22.2 Å². The number of ether oxygens (including phenoxy) is 1. The van der Waals surface area contributed by atoms with Crippen molar-refractivity contribution in [3.05, 3.63) is 70.5 Å². The molecular weight excluding hydrogens is 293 g/mol. The molecule has 0 aliphatic heterocycles. The van der Waals surface area contributed by atoms with Gasteiger partial charge in [0.05, 0.1) is 5.69 Å². The summed E-state index contributed by atoms with van der Waals surface area (Å²) in [5.74, 6) is 0.784. The summed E-state index contributed by atoms with van der Waals surface area (Å²) in [5.41, 5.74) is 0.788. The monoisotopic (exact) mass is 303 g/mol. The van der Waals surface area contributed by atoms with Crippen LogP contribution in [0.2, 0.25) is 10.2 Å². The van der Waals surface area contributed by atoms with Crippen LogP contribution in [0.15, 0.2) is 54.6 Å². The van der Waals surface area contributed by atoms with E-state index in [1.165, 1.54) is 0 Å². The maximum atomic E-state index is 6.18. The zero-order valence-electron chi connectivity index (χ0n) is 10.5. The summed E-state index contributed by atoms with van der Waals surface area (Å²) >= 11 is 12.0. The molecule has 0 radical (unpaired) electrons. The number of pyridine rings is 1. The van der Waals surface area contributed by atoms with Gasteiger partial charge in [0.15, 0.2) is 0 Å². The summed E-state index contributed by atoms with van der Waals surface area (Å²) in [4.78, 5) is 4.20. The second kappa shape index (κ2) is 5.70. The fourth-order valence-electron chi connectivity index (χ4n) is 2.04. The molecule has 0 unspecified atom stereocenters. The molecule has 0 atom stereocenters. The second-order valence-electron chi connectivity index (χ2n) is 4.33. The number of nitrogens with zero attached hydrogens (tertiary/aromatic N) is 1. The SMILES string of the molecule is Clc1cccc(COc2ccc(Cl)c3ccccc23)n1. The van der Waals surface area contributed by atoms with Crippen LogP contribution in [0, 0.1) is 0 Å². The van der Waals surface area contributed by atoms with E-state index < -0.39 is 0 Å². The fraction of sp³-hybridized carbons (Fsp3) is 0.0625. The predicted molar refractivity (Wildman–Crippen MR) is 82.5 cm³/mol. The lowest BCUT2D eigenvalue weighted by Crippen LogP contribution is -1.98. The Balaban J connectivity index is 1.90. The molecule has 0 saturated carbocycles. The van der Waals surface area contributed by atoms with Crippen LogP contribution in [-0.4, -0.2) is 4.98 Å². The zero-order valence-corrected chi connectivity index (χ0v) is 12.0. The Hall–Kier alpha value is -1.77. The molecule has 0 saturated heterocycles. The molecule has 0 bridgehead atoms. The predicted octanol–water partition coefficient (Wildman–Crippen LogP) is 5.12. The molecule has 0 spiro atoms. The summed E-state index contributed by atoms with van der Waals surface area (Å²) < 4.78 is 5.84. The van der Waals surface area contributed by atoms with E-state index in [9.17, 15) is 0 Å². The molecule has 3 rings (SSSR count). The highest BCUT2D eigenvalue weighted by Crippen LogP contribution is 2.31. The van der Waals surface area contributed by atoms with Crippen molar-refractivity contribution >= 4 is 34.0 Å². The van der Waals surface area contributed by atoms with Crippen LogP contribution in [-0.2, 0) is 6.61 Å². The first-order valence-electron chi connectivity index (χ1n) is 6.15. The largest absolute Gasteiger partial charge is 0.487 e. The Kier molecular flexibility index (Phi) is 3.77. The summed E-state index contributed by atoms with van der Waals surface area (Å²) in [6.07, 6.45) is 0. The van der Waals surface area contributed by atoms with Crippen molar-refractivity contribution in [1.82, 2.24) is 4.98 Å². The Bertz CT molecular complexity index is 758. The Morgan fingerprint density at radius 2 is 1.65 bits per heavy atom. The molecule has 100 valence electrons. The van der Waals surface area contributed by atoms with Gasteiger partial charge in [-0.3, -0.25) is 0 Å². The summed E-state index contributed by atoms with van der Waals surface area (Å²) in [6.45, 7) is 0.367. The normalized spacial score (nSPS) is 10.7. The molecule has 0 N–H and O–H groups in total. The molecule has 0 aliphatic carbocycles. The number of hydrogen-bond donors (Lipinski definition) is 0. The molecule has 0 fully saturated rings. The molecule has 1 aromatic heterocycles. The van der Waals surface area contributed by atoms with E-state index in [0.29, 0.717) is 16.8 Å². The number of hydrogen-bond acceptors (Lipinski definition) is 2. The maximum absolute atomic E-state index is 6.18. The molecule has 0 aliphatic rings. The van der Waals surface area contributed by atoms with Crippen LogP contribution >= 0.6 is 23.2 Å². The van der Waals surface area contributed by atoms with Crippen LogP contribution in [0.1, 0.15) is 5.69 Å². The van der Waals surface area contributed by atoms with Crippen LogP contribution in [0.3, 0.4) is 0 Å². The minimum Gasteiger partial charge on any atom is -0.487 e. The van der Waals surface area contributed by atoms with Gasteiger partial charge in [0, 0.05) is 15.8 Å². The Morgan fingerprint density at radius 3 is 2.45 bits per heavy atom. The van der Waals surface area contributed by atoms with Gasteiger partial charge in [0.2, 0.25) is 0 Å². The van der Waals surface area contributed by atoms with E-state index in [1.54, 1.807) is 6.07 Å². The van der Waals surface area contributed by atoms with E-state index >= 15 is 0 Å². The van der Waals surface area contributed by atoms with Crippen molar-refractivity contribution in [2.45, 2.75) is 6.61 Å². The maximum Gasteiger partial charge on any atom is 0.130 e. The quantitative estimate of drug-likeness (QED) is 0.626. The number of fused-ring (bicyclic) bond motifs is 1. The first-order valence-corrected chi connectivity index (χ1v) is 6.91. The number of rotatable bonds is 3. The number of aromatic nitrogens is 1. The fourth-order valence-corrected chi connectivity index (χ4v) is 2.45. The van der Waals surface area contributed by atoms with Gasteiger partial charge in [-0.25, -0.2) is 4.98 Å². The van der Waals surface area contributed by atoms with Gasteiger partial charge in [-0.1, -0.05) is 53.5 Å². The van der Waals surface area contributed by atoms with Crippen molar-refractivity contribution in [3.63, 3.8) is 0 Å². The molecule has 1 heterocycles. The van der Waals surface area contributed by atoms with Gasteiger partial charge in [0.1, 0.15) is 17.5 Å². The van der Waals surface area contributed by atoms with Gasteiger partial charge in [0.25, 0.3) is 0 Å². The summed E-state index contributed by atoms with van der Waals surface area (Å²) in [7, 11) is 0. The standard InChI is InChI=1S/C16H11Cl2NO/c17-14-8-9-15(13-6-2-1-5-12(13)14)20-10-11-4-3-7-16(18)19-11/h1-9H,10H2. The van der Waals surface area contributed by atoms with Gasteiger partial charge < -0.3 is 4.74 Å². The minimum absolute atomic E-state index is 0.367. The molecule has 4 heteroatoms. The Labute approximate surface area is 126 Å². The summed E-state index contributed by atoms with van der Waals surface area (Å²) in [5, 5.41) is 3.15. The van der Waals surface area contributed by atoms with Crippen LogP contribution in [0.4, 0.5) is 0 Å².